The molecule has 2 fully saturated rings. The van der Waals surface area contributed by atoms with E-state index in [9.17, 15) is 9.59 Å². The Labute approximate surface area is 115 Å². The van der Waals surface area contributed by atoms with E-state index in [1.807, 2.05) is 0 Å². The van der Waals surface area contributed by atoms with E-state index in [1.54, 1.807) is 31.4 Å². The van der Waals surface area contributed by atoms with Gasteiger partial charge in [-0.25, -0.2) is 4.90 Å². The van der Waals surface area contributed by atoms with Crippen LogP contribution in [0.4, 0.5) is 5.69 Å². The minimum atomic E-state index is -0.618. The molecule has 4 rings (SSSR count). The number of anilines is 1. The van der Waals surface area contributed by atoms with Gasteiger partial charge in [-0.2, -0.15) is 10.2 Å². The molecule has 0 N–H and O–H groups in total. The van der Waals surface area contributed by atoms with Gasteiger partial charge in [0.1, 0.15) is 5.75 Å². The number of methoxy groups -OCH3 is 1. The van der Waals surface area contributed by atoms with Gasteiger partial charge in [-0.1, -0.05) is 0 Å². The quantitative estimate of drug-likeness (QED) is 0.766. The lowest BCUT2D eigenvalue weighted by Gasteiger charge is -2.16. The zero-order valence-electron chi connectivity index (χ0n) is 10.9. The zero-order valence-corrected chi connectivity index (χ0v) is 10.9. The summed E-state index contributed by atoms with van der Waals surface area (Å²) < 4.78 is 5.08. The Hall–Kier alpha value is -2.24. The fourth-order valence-corrected chi connectivity index (χ4v) is 3.06. The van der Waals surface area contributed by atoms with Crippen molar-refractivity contribution in [2.75, 3.05) is 12.0 Å². The van der Waals surface area contributed by atoms with E-state index in [0.717, 1.165) is 12.8 Å². The van der Waals surface area contributed by atoms with Crippen molar-refractivity contribution in [3.8, 4) is 5.75 Å². The Kier molecular flexibility index (Phi) is 2.11. The molecule has 2 heterocycles. The first-order valence-corrected chi connectivity index (χ1v) is 6.60. The van der Waals surface area contributed by atoms with E-state index in [4.69, 9.17) is 4.74 Å². The Morgan fingerprint density at radius 2 is 1.90 bits per heavy atom. The minimum absolute atomic E-state index is 0.173. The van der Waals surface area contributed by atoms with E-state index in [0.29, 0.717) is 11.4 Å². The van der Waals surface area contributed by atoms with Crippen molar-refractivity contribution in [1.82, 2.24) is 0 Å². The molecule has 1 aliphatic carbocycles. The molecule has 0 bridgehead atoms. The summed E-state index contributed by atoms with van der Waals surface area (Å²) in [5, 5.41) is 8.20. The van der Waals surface area contributed by atoms with Crippen LogP contribution >= 0.6 is 0 Å². The molecule has 1 aromatic carbocycles. The zero-order chi connectivity index (χ0) is 13.9. The number of nitrogens with zero attached hydrogens (tertiary/aromatic N) is 3. The summed E-state index contributed by atoms with van der Waals surface area (Å²) in [5.74, 6) is -0.145. The van der Waals surface area contributed by atoms with Gasteiger partial charge in [0.15, 0.2) is 6.04 Å². The number of benzene rings is 1. The molecule has 1 aromatic rings. The van der Waals surface area contributed by atoms with Crippen LogP contribution in [0.2, 0.25) is 0 Å². The SMILES string of the molecule is COc1ccc(N2C(=O)C3N=NC4(CC4)C3C2=O)cc1. The monoisotopic (exact) mass is 271 g/mol. The standard InChI is InChI=1S/C14H13N3O3/c1-20-9-4-2-8(3-5-9)17-12(18)10-11(13(17)19)15-16-14(10)6-7-14/h2-5,10-11H,6-7H2,1H3. The van der Waals surface area contributed by atoms with Crippen molar-refractivity contribution < 1.29 is 14.3 Å². The highest BCUT2D eigenvalue weighted by molar-refractivity contribution is 6.24. The molecule has 2 aliphatic heterocycles. The van der Waals surface area contributed by atoms with Gasteiger partial charge >= 0.3 is 0 Å². The highest BCUT2D eigenvalue weighted by Gasteiger charge is 2.67. The number of azo groups is 1. The summed E-state index contributed by atoms with van der Waals surface area (Å²) in [5.41, 5.74) is 0.194. The second kappa shape index (κ2) is 3.65. The summed E-state index contributed by atoms with van der Waals surface area (Å²) in [4.78, 5) is 26.2. The number of rotatable bonds is 2. The van der Waals surface area contributed by atoms with Crippen LogP contribution in [-0.2, 0) is 9.59 Å². The van der Waals surface area contributed by atoms with Crippen LogP contribution in [0.1, 0.15) is 12.8 Å². The van der Waals surface area contributed by atoms with E-state index >= 15 is 0 Å². The van der Waals surface area contributed by atoms with Crippen molar-refractivity contribution in [2.24, 2.45) is 16.1 Å². The third kappa shape index (κ3) is 1.33. The third-order valence-electron chi connectivity index (χ3n) is 4.33. The maximum Gasteiger partial charge on any atom is 0.261 e. The van der Waals surface area contributed by atoms with Crippen LogP contribution in [0.25, 0.3) is 0 Å². The number of carbonyl (C=O) groups is 2. The Balaban J connectivity index is 1.70. The molecule has 1 spiro atoms. The molecule has 20 heavy (non-hydrogen) atoms. The lowest BCUT2D eigenvalue weighted by Crippen LogP contribution is -2.33. The highest BCUT2D eigenvalue weighted by Crippen LogP contribution is 2.55. The molecule has 3 aliphatic rings. The second-order valence-corrected chi connectivity index (χ2v) is 5.45. The normalized spacial score (nSPS) is 29.1. The number of fused-ring (bicyclic) bond motifs is 2. The Morgan fingerprint density at radius 1 is 1.20 bits per heavy atom. The molecule has 6 nitrogen and oxygen atoms in total. The van der Waals surface area contributed by atoms with Gasteiger partial charge in [0.25, 0.3) is 5.91 Å². The smallest absolute Gasteiger partial charge is 0.261 e. The lowest BCUT2D eigenvalue weighted by atomic mass is 9.94. The van der Waals surface area contributed by atoms with Crippen molar-refractivity contribution in [1.29, 1.82) is 0 Å². The third-order valence-corrected chi connectivity index (χ3v) is 4.33. The van der Waals surface area contributed by atoms with E-state index < -0.39 is 12.0 Å². The maximum absolute atomic E-state index is 12.6. The largest absolute Gasteiger partial charge is 0.497 e. The van der Waals surface area contributed by atoms with Gasteiger partial charge in [-0.15, -0.1) is 0 Å². The highest BCUT2D eigenvalue weighted by atomic mass is 16.5. The first-order valence-electron chi connectivity index (χ1n) is 6.60. The average molecular weight is 271 g/mol. The van der Waals surface area contributed by atoms with Gasteiger partial charge in [-0.05, 0) is 37.1 Å². The second-order valence-electron chi connectivity index (χ2n) is 5.45. The Bertz CT molecular complexity index is 634. The molecule has 1 saturated carbocycles. The molecular formula is C14H13N3O3. The van der Waals surface area contributed by atoms with Gasteiger partial charge in [0, 0.05) is 0 Å². The van der Waals surface area contributed by atoms with Crippen molar-refractivity contribution in [2.45, 2.75) is 24.4 Å². The molecule has 102 valence electrons. The van der Waals surface area contributed by atoms with Crippen LogP contribution in [0, 0.1) is 5.92 Å². The van der Waals surface area contributed by atoms with Gasteiger partial charge in [0.05, 0.1) is 24.3 Å². The summed E-state index contributed by atoms with van der Waals surface area (Å²) >= 11 is 0. The van der Waals surface area contributed by atoms with Crippen LogP contribution < -0.4 is 9.64 Å². The van der Waals surface area contributed by atoms with Gasteiger partial charge in [-0.3, -0.25) is 9.59 Å². The van der Waals surface area contributed by atoms with Crippen LogP contribution in [-0.4, -0.2) is 30.5 Å². The van der Waals surface area contributed by atoms with Crippen LogP contribution in [0.15, 0.2) is 34.5 Å². The molecule has 0 radical (unpaired) electrons. The summed E-state index contributed by atoms with van der Waals surface area (Å²) in [6.07, 6.45) is 1.71. The maximum atomic E-state index is 12.6. The number of imide groups is 1. The van der Waals surface area contributed by atoms with E-state index in [1.165, 1.54) is 4.90 Å². The molecule has 2 amide bonds. The topological polar surface area (TPSA) is 71.3 Å². The molecule has 2 atom stereocenters. The molecule has 1 saturated heterocycles. The molecular weight excluding hydrogens is 258 g/mol. The van der Waals surface area contributed by atoms with Crippen molar-refractivity contribution in [3.05, 3.63) is 24.3 Å². The molecule has 6 heteroatoms. The summed E-state index contributed by atoms with van der Waals surface area (Å²) in [6.45, 7) is 0. The summed E-state index contributed by atoms with van der Waals surface area (Å²) in [6, 6.07) is 6.28. The summed E-state index contributed by atoms with van der Waals surface area (Å²) in [7, 11) is 1.57. The van der Waals surface area contributed by atoms with Crippen molar-refractivity contribution in [3.63, 3.8) is 0 Å². The lowest BCUT2D eigenvalue weighted by molar-refractivity contribution is -0.122. The number of hydrogen-bond acceptors (Lipinski definition) is 5. The minimum Gasteiger partial charge on any atom is -0.497 e. The number of amides is 2. The molecule has 0 aromatic heterocycles. The predicted octanol–water partition coefficient (Wildman–Crippen LogP) is 1.55. The van der Waals surface area contributed by atoms with Gasteiger partial charge < -0.3 is 4.74 Å². The van der Waals surface area contributed by atoms with Gasteiger partial charge in [0.2, 0.25) is 5.91 Å². The Morgan fingerprint density at radius 3 is 2.50 bits per heavy atom. The van der Waals surface area contributed by atoms with Crippen molar-refractivity contribution >= 4 is 17.5 Å². The number of ether oxygens (including phenoxy) is 1. The van der Waals surface area contributed by atoms with Crippen LogP contribution in [0.5, 0.6) is 5.75 Å². The first kappa shape index (κ1) is 11.6. The number of hydrogen-bond donors (Lipinski definition) is 0. The van der Waals surface area contributed by atoms with E-state index in [-0.39, 0.29) is 17.4 Å². The fraction of sp³-hybridized carbons (Fsp3) is 0.429. The first-order chi connectivity index (χ1) is 9.66. The number of carbonyl (C=O) groups excluding carboxylic acids is 2. The molecule has 2 unspecified atom stereocenters. The average Bonchev–Trinajstić information content (AvgIpc) is 3.06. The predicted molar refractivity (Wildman–Crippen MR) is 69.6 cm³/mol. The fourth-order valence-electron chi connectivity index (χ4n) is 3.06. The van der Waals surface area contributed by atoms with E-state index in [2.05, 4.69) is 10.2 Å². The van der Waals surface area contributed by atoms with Crippen LogP contribution in [0.3, 0.4) is 0 Å².